The normalized spacial score (nSPS) is 14.0. The summed E-state index contributed by atoms with van der Waals surface area (Å²) in [6.45, 7) is 5.98. The minimum absolute atomic E-state index is 0.00299. The van der Waals surface area contributed by atoms with E-state index < -0.39 is 0 Å². The van der Waals surface area contributed by atoms with Crippen LogP contribution in [0.1, 0.15) is 27.8 Å². The highest BCUT2D eigenvalue weighted by Crippen LogP contribution is 2.31. The van der Waals surface area contributed by atoms with E-state index in [1.54, 1.807) is 30.3 Å². The van der Waals surface area contributed by atoms with Gasteiger partial charge in [0.25, 0.3) is 5.91 Å². The molecule has 4 rings (SSSR count). The van der Waals surface area contributed by atoms with Crippen LogP contribution in [-0.4, -0.2) is 51.0 Å². The molecule has 0 spiro atoms. The van der Waals surface area contributed by atoms with Crippen molar-refractivity contribution in [3.05, 3.63) is 34.5 Å². The van der Waals surface area contributed by atoms with Gasteiger partial charge < -0.3 is 14.4 Å². The van der Waals surface area contributed by atoms with Crippen LogP contribution in [0.15, 0.2) is 11.4 Å². The standard InChI is InChI=1S/C17H20N6OS/c1-10-14(17(24)21(3)4)23-7-6-22(9-13(23)18-10)16-15-12(5-8-25-15)19-11(2)20-16/h5,8H,6-7,9H2,1-4H3. The third-order valence-electron chi connectivity index (χ3n) is 4.45. The number of rotatable bonds is 2. The summed E-state index contributed by atoms with van der Waals surface area (Å²) in [5, 5.41) is 2.05. The molecule has 3 aromatic heterocycles. The predicted octanol–water partition coefficient (Wildman–Crippen LogP) is 2.23. The summed E-state index contributed by atoms with van der Waals surface area (Å²) in [7, 11) is 3.54. The first-order chi connectivity index (χ1) is 12.0. The second kappa shape index (κ2) is 5.80. The Hall–Kier alpha value is -2.48. The first kappa shape index (κ1) is 16.0. The fourth-order valence-electron chi connectivity index (χ4n) is 3.30. The molecule has 0 unspecified atom stereocenters. The zero-order valence-electron chi connectivity index (χ0n) is 14.8. The number of aromatic nitrogens is 4. The van der Waals surface area contributed by atoms with Crippen LogP contribution in [0.4, 0.5) is 5.82 Å². The van der Waals surface area contributed by atoms with Gasteiger partial charge in [-0.15, -0.1) is 11.3 Å². The molecule has 1 aliphatic rings. The van der Waals surface area contributed by atoms with Gasteiger partial charge in [-0.2, -0.15) is 0 Å². The van der Waals surface area contributed by atoms with Gasteiger partial charge in [-0.05, 0) is 25.3 Å². The number of anilines is 1. The van der Waals surface area contributed by atoms with Crippen LogP contribution in [0.25, 0.3) is 10.2 Å². The molecule has 0 saturated heterocycles. The van der Waals surface area contributed by atoms with Crippen LogP contribution in [0.3, 0.4) is 0 Å². The van der Waals surface area contributed by atoms with Crippen molar-refractivity contribution >= 4 is 33.3 Å². The van der Waals surface area contributed by atoms with E-state index in [9.17, 15) is 4.79 Å². The number of fused-ring (bicyclic) bond motifs is 2. The van der Waals surface area contributed by atoms with Crippen molar-refractivity contribution in [2.75, 3.05) is 25.5 Å². The molecule has 0 aromatic carbocycles. The first-order valence-corrected chi connectivity index (χ1v) is 9.08. The van der Waals surface area contributed by atoms with E-state index in [1.165, 1.54) is 0 Å². The van der Waals surface area contributed by atoms with Crippen LogP contribution in [0.2, 0.25) is 0 Å². The van der Waals surface area contributed by atoms with Gasteiger partial charge in [0.2, 0.25) is 0 Å². The molecular weight excluding hydrogens is 336 g/mol. The molecule has 1 aliphatic heterocycles. The average molecular weight is 356 g/mol. The zero-order valence-corrected chi connectivity index (χ0v) is 15.6. The number of nitrogens with zero attached hydrogens (tertiary/aromatic N) is 6. The van der Waals surface area contributed by atoms with E-state index in [0.29, 0.717) is 12.2 Å². The maximum Gasteiger partial charge on any atom is 0.271 e. The van der Waals surface area contributed by atoms with Crippen LogP contribution < -0.4 is 4.90 Å². The maximum absolute atomic E-state index is 12.5. The lowest BCUT2D eigenvalue weighted by Crippen LogP contribution is -2.36. The lowest BCUT2D eigenvalue weighted by atomic mass is 10.3. The molecular formula is C17H20N6OS. The molecule has 130 valence electrons. The predicted molar refractivity (Wildman–Crippen MR) is 98.2 cm³/mol. The molecule has 0 saturated carbocycles. The summed E-state index contributed by atoms with van der Waals surface area (Å²) in [5.41, 5.74) is 2.47. The topological polar surface area (TPSA) is 67.2 Å². The number of carbonyl (C=O) groups excluding carboxylic acids is 1. The van der Waals surface area contributed by atoms with Crippen molar-refractivity contribution in [2.24, 2.45) is 0 Å². The van der Waals surface area contributed by atoms with Crippen LogP contribution in [-0.2, 0) is 13.1 Å². The zero-order chi connectivity index (χ0) is 17.7. The van der Waals surface area contributed by atoms with Gasteiger partial charge in [-0.3, -0.25) is 4.79 Å². The Kier molecular flexibility index (Phi) is 3.72. The number of amides is 1. The van der Waals surface area contributed by atoms with E-state index in [0.717, 1.165) is 46.5 Å². The Morgan fingerprint density at radius 1 is 1.20 bits per heavy atom. The number of thiophene rings is 1. The Bertz CT molecular complexity index is 973. The molecule has 4 heterocycles. The lowest BCUT2D eigenvalue weighted by Gasteiger charge is -2.30. The number of hydrogen-bond donors (Lipinski definition) is 0. The van der Waals surface area contributed by atoms with Gasteiger partial charge in [0, 0.05) is 27.2 Å². The Balaban J connectivity index is 1.73. The van der Waals surface area contributed by atoms with Crippen molar-refractivity contribution in [2.45, 2.75) is 26.9 Å². The summed E-state index contributed by atoms with van der Waals surface area (Å²) >= 11 is 1.66. The fraction of sp³-hybridized carbons (Fsp3) is 0.412. The van der Waals surface area contributed by atoms with E-state index >= 15 is 0 Å². The largest absolute Gasteiger partial charge is 0.346 e. The van der Waals surface area contributed by atoms with Crippen molar-refractivity contribution in [3.8, 4) is 0 Å². The molecule has 7 nitrogen and oxygen atoms in total. The maximum atomic E-state index is 12.5. The molecule has 0 N–H and O–H groups in total. The van der Waals surface area contributed by atoms with E-state index in [-0.39, 0.29) is 5.91 Å². The molecule has 0 atom stereocenters. The third-order valence-corrected chi connectivity index (χ3v) is 5.35. The van der Waals surface area contributed by atoms with E-state index in [1.807, 2.05) is 29.9 Å². The van der Waals surface area contributed by atoms with Crippen molar-refractivity contribution in [1.29, 1.82) is 0 Å². The minimum Gasteiger partial charge on any atom is -0.346 e. The number of carbonyl (C=O) groups is 1. The minimum atomic E-state index is 0.00299. The molecule has 0 bridgehead atoms. The molecule has 0 aliphatic carbocycles. The highest BCUT2D eigenvalue weighted by molar-refractivity contribution is 7.17. The SMILES string of the molecule is Cc1nc(N2CCn3c(nc(C)c3C(=O)N(C)C)C2)c2sccc2n1. The van der Waals surface area contributed by atoms with Crippen molar-refractivity contribution in [3.63, 3.8) is 0 Å². The Labute approximate surface area is 149 Å². The van der Waals surface area contributed by atoms with Crippen molar-refractivity contribution < 1.29 is 4.79 Å². The summed E-state index contributed by atoms with van der Waals surface area (Å²) in [5.74, 6) is 2.65. The summed E-state index contributed by atoms with van der Waals surface area (Å²) < 4.78 is 3.15. The van der Waals surface area contributed by atoms with Gasteiger partial charge in [-0.1, -0.05) is 0 Å². The van der Waals surface area contributed by atoms with Gasteiger partial charge in [0.05, 0.1) is 22.5 Å². The van der Waals surface area contributed by atoms with Gasteiger partial charge in [0.15, 0.2) is 5.82 Å². The Morgan fingerprint density at radius 3 is 2.76 bits per heavy atom. The number of imidazole rings is 1. The van der Waals surface area contributed by atoms with Crippen LogP contribution >= 0.6 is 11.3 Å². The molecule has 0 radical (unpaired) electrons. The Morgan fingerprint density at radius 2 is 2.00 bits per heavy atom. The molecule has 8 heteroatoms. The highest BCUT2D eigenvalue weighted by atomic mass is 32.1. The second-order valence-corrected chi connectivity index (χ2v) is 7.38. The fourth-order valence-corrected chi connectivity index (χ4v) is 4.15. The monoisotopic (exact) mass is 356 g/mol. The summed E-state index contributed by atoms with van der Waals surface area (Å²) in [4.78, 5) is 30.1. The average Bonchev–Trinajstić information content (AvgIpc) is 3.15. The molecule has 3 aromatic rings. The first-order valence-electron chi connectivity index (χ1n) is 8.20. The summed E-state index contributed by atoms with van der Waals surface area (Å²) in [6, 6.07) is 2.03. The number of aryl methyl sites for hydroxylation is 2. The quantitative estimate of drug-likeness (QED) is 0.704. The van der Waals surface area contributed by atoms with Crippen LogP contribution in [0, 0.1) is 13.8 Å². The van der Waals surface area contributed by atoms with E-state index in [2.05, 4.69) is 19.9 Å². The highest BCUT2D eigenvalue weighted by Gasteiger charge is 2.28. The number of hydrogen-bond acceptors (Lipinski definition) is 6. The van der Waals surface area contributed by atoms with Gasteiger partial charge in [-0.25, -0.2) is 15.0 Å². The smallest absolute Gasteiger partial charge is 0.271 e. The van der Waals surface area contributed by atoms with Gasteiger partial charge in [0.1, 0.15) is 17.3 Å². The molecule has 1 amide bonds. The molecule has 25 heavy (non-hydrogen) atoms. The van der Waals surface area contributed by atoms with E-state index in [4.69, 9.17) is 0 Å². The van der Waals surface area contributed by atoms with Crippen molar-refractivity contribution in [1.82, 2.24) is 24.4 Å². The molecule has 0 fully saturated rings. The van der Waals surface area contributed by atoms with Crippen LogP contribution in [0.5, 0.6) is 0 Å². The van der Waals surface area contributed by atoms with Gasteiger partial charge >= 0.3 is 0 Å². The summed E-state index contributed by atoms with van der Waals surface area (Å²) in [6.07, 6.45) is 0. The lowest BCUT2D eigenvalue weighted by molar-refractivity contribution is 0.0815. The second-order valence-electron chi connectivity index (χ2n) is 6.46. The third kappa shape index (κ3) is 2.57.